The Morgan fingerprint density at radius 2 is 1.38 bits per heavy atom. The van der Waals surface area contributed by atoms with Crippen LogP contribution in [0.3, 0.4) is 0 Å². The van der Waals surface area contributed by atoms with E-state index in [4.69, 9.17) is 15.0 Å². The van der Waals surface area contributed by atoms with Crippen molar-refractivity contribution in [3.8, 4) is 16.8 Å². The zero-order chi connectivity index (χ0) is 41.7. The molecule has 294 valence electrons. The van der Waals surface area contributed by atoms with E-state index in [9.17, 15) is 0 Å². The molecule has 9 rings (SSSR count). The van der Waals surface area contributed by atoms with Gasteiger partial charge in [0.05, 0.1) is 23.3 Å². The fourth-order valence-corrected chi connectivity index (χ4v) is 8.43. The largest absolute Gasteiger partial charge is 0.335 e. The smallest absolute Gasteiger partial charge is 0.161 e. The van der Waals surface area contributed by atoms with Gasteiger partial charge in [-0.3, -0.25) is 9.98 Å². The lowest BCUT2D eigenvalue weighted by molar-refractivity contribution is 0.910. The Bertz CT molecular complexity index is 3090. The number of para-hydroxylation sites is 1. The Kier molecular flexibility index (Phi) is 10.8. The molecule has 0 atom stereocenters. The van der Waals surface area contributed by atoms with Crippen molar-refractivity contribution in [3.63, 3.8) is 0 Å². The van der Waals surface area contributed by atoms with Gasteiger partial charge in [-0.2, -0.15) is 0 Å². The van der Waals surface area contributed by atoms with Gasteiger partial charge < -0.3 is 9.47 Å². The van der Waals surface area contributed by atoms with Crippen molar-refractivity contribution in [1.82, 2.24) is 4.57 Å². The maximum atomic E-state index is 5.05. The molecule has 1 aliphatic rings. The molecule has 6 nitrogen and oxygen atoms in total. The van der Waals surface area contributed by atoms with Crippen molar-refractivity contribution in [1.29, 1.82) is 0 Å². The van der Waals surface area contributed by atoms with Crippen LogP contribution in [-0.4, -0.2) is 29.7 Å². The molecule has 7 aromatic carbocycles. The van der Waals surface area contributed by atoms with Crippen LogP contribution in [0.2, 0.25) is 0 Å². The summed E-state index contributed by atoms with van der Waals surface area (Å²) in [6.45, 7) is 15.4. The SMILES string of the molecule is C=C/C=C1\C(=C/C)N(c2ccc3c4ccccc4n(-c4cccc(-c5cccc(C(=NCc6ccccc6)N=C(N=C)c6ccccc6)c5)c4)c3c2N=C)Cc2ccccc21. The summed E-state index contributed by atoms with van der Waals surface area (Å²) in [6.07, 6.45) is 6.14. The summed E-state index contributed by atoms with van der Waals surface area (Å²) in [6, 6.07) is 58.7. The van der Waals surface area contributed by atoms with Gasteiger partial charge in [0.1, 0.15) is 5.69 Å². The van der Waals surface area contributed by atoms with Gasteiger partial charge in [0, 0.05) is 45.4 Å². The number of hydrogen-bond acceptors (Lipinski definition) is 3. The molecule has 6 heteroatoms. The molecule has 0 saturated carbocycles. The third kappa shape index (κ3) is 7.36. The average molecular weight is 789 g/mol. The highest BCUT2D eigenvalue weighted by atomic mass is 15.2. The predicted octanol–water partition coefficient (Wildman–Crippen LogP) is 13.4. The van der Waals surface area contributed by atoms with E-state index in [0.29, 0.717) is 24.8 Å². The molecule has 8 aromatic rings. The second-order valence-electron chi connectivity index (χ2n) is 14.8. The molecule has 0 spiro atoms. The molecule has 0 unspecified atom stereocenters. The lowest BCUT2D eigenvalue weighted by Crippen LogP contribution is -2.28. The molecule has 0 fully saturated rings. The highest BCUT2D eigenvalue weighted by Crippen LogP contribution is 2.47. The van der Waals surface area contributed by atoms with Crippen molar-refractivity contribution in [2.45, 2.75) is 20.0 Å². The van der Waals surface area contributed by atoms with Crippen LogP contribution in [0.4, 0.5) is 11.4 Å². The molecule has 2 heterocycles. The summed E-state index contributed by atoms with van der Waals surface area (Å²) >= 11 is 0. The lowest BCUT2D eigenvalue weighted by atomic mass is 9.90. The first-order valence-electron chi connectivity index (χ1n) is 20.4. The summed E-state index contributed by atoms with van der Waals surface area (Å²) in [7, 11) is 0. The van der Waals surface area contributed by atoms with Crippen molar-refractivity contribution < 1.29 is 0 Å². The van der Waals surface area contributed by atoms with Crippen molar-refractivity contribution in [3.05, 3.63) is 228 Å². The van der Waals surface area contributed by atoms with Gasteiger partial charge in [-0.05, 0) is 84.6 Å². The number of benzene rings is 7. The second kappa shape index (κ2) is 17.1. The van der Waals surface area contributed by atoms with Crippen LogP contribution in [0.5, 0.6) is 0 Å². The molecule has 0 N–H and O–H groups in total. The highest BCUT2D eigenvalue weighted by Gasteiger charge is 2.28. The maximum absolute atomic E-state index is 5.05. The minimum absolute atomic E-state index is 0.472. The molecule has 0 amide bonds. The minimum Gasteiger partial charge on any atom is -0.335 e. The fraction of sp³-hybridized carbons (Fsp3) is 0.0545. The number of amidine groups is 2. The van der Waals surface area contributed by atoms with E-state index < -0.39 is 0 Å². The Morgan fingerprint density at radius 3 is 2.15 bits per heavy atom. The van der Waals surface area contributed by atoms with Gasteiger partial charge >= 0.3 is 0 Å². The van der Waals surface area contributed by atoms with Gasteiger partial charge in [-0.15, -0.1) is 0 Å². The normalized spacial score (nSPS) is 14.4. The van der Waals surface area contributed by atoms with Crippen LogP contribution in [-0.2, 0) is 13.1 Å². The van der Waals surface area contributed by atoms with E-state index in [1.54, 1.807) is 0 Å². The molecular weight excluding hydrogens is 745 g/mol. The number of rotatable bonds is 9. The van der Waals surface area contributed by atoms with Gasteiger partial charge in [-0.25, -0.2) is 9.98 Å². The first-order chi connectivity index (χ1) is 30.1. The van der Waals surface area contributed by atoms with Crippen LogP contribution in [0.25, 0.3) is 44.2 Å². The van der Waals surface area contributed by atoms with E-state index in [0.717, 1.165) is 78.0 Å². The summed E-state index contributed by atoms with van der Waals surface area (Å²) in [4.78, 5) is 21.6. The average Bonchev–Trinajstić information content (AvgIpc) is 3.66. The van der Waals surface area contributed by atoms with Crippen molar-refractivity contribution in [2.75, 3.05) is 4.90 Å². The fourth-order valence-electron chi connectivity index (χ4n) is 8.43. The number of fused-ring (bicyclic) bond motifs is 4. The van der Waals surface area contributed by atoms with E-state index in [2.05, 4.69) is 175 Å². The van der Waals surface area contributed by atoms with Crippen molar-refractivity contribution >= 4 is 63.9 Å². The molecule has 1 aromatic heterocycles. The van der Waals surface area contributed by atoms with Crippen LogP contribution in [0.1, 0.15) is 34.7 Å². The molecule has 1 aliphatic heterocycles. The van der Waals surface area contributed by atoms with E-state index >= 15 is 0 Å². The molecule has 61 heavy (non-hydrogen) atoms. The summed E-state index contributed by atoms with van der Waals surface area (Å²) < 4.78 is 2.33. The lowest BCUT2D eigenvalue weighted by Gasteiger charge is -2.36. The molecule has 0 bridgehead atoms. The molecule has 0 radical (unpaired) electrons. The van der Waals surface area contributed by atoms with Gasteiger partial charge in [0.15, 0.2) is 11.7 Å². The number of allylic oxidation sites excluding steroid dienone is 4. The number of aromatic nitrogens is 1. The first kappa shape index (κ1) is 38.6. The third-order valence-corrected chi connectivity index (χ3v) is 11.2. The first-order valence-corrected chi connectivity index (χ1v) is 20.4. The number of nitrogens with zero attached hydrogens (tertiary/aromatic N) is 6. The maximum Gasteiger partial charge on any atom is 0.161 e. The second-order valence-corrected chi connectivity index (χ2v) is 14.8. The molecular formula is C55H44N6. The standard InChI is InChI=1S/C55H44N6/c1-5-19-46-45-29-14-13-24-43(45)37-60(49(46)6-2)51-33-32-48-47-30-15-16-31-50(47)61(53(48)52(51)56-3)44-28-18-26-41(35-44)40-25-17-27-42(34-40)55(58-36-38-20-9-7-10-21-38)59-54(57-4)39-22-11-8-12-23-39/h5-35H,1,3-4,36-37H2,2H3/b46-19-,49-6+,58-55?,59-54?. The predicted molar refractivity (Wildman–Crippen MR) is 259 cm³/mol. The van der Waals surface area contributed by atoms with Crippen LogP contribution in [0, 0.1) is 0 Å². The van der Waals surface area contributed by atoms with E-state index in [-0.39, 0.29) is 0 Å². The Labute approximate surface area is 357 Å². The van der Waals surface area contributed by atoms with Crippen molar-refractivity contribution in [2.24, 2.45) is 20.0 Å². The quantitative estimate of drug-likeness (QED) is 0.106. The summed E-state index contributed by atoms with van der Waals surface area (Å²) in [5.41, 5.74) is 14.5. The Morgan fingerprint density at radius 1 is 0.672 bits per heavy atom. The zero-order valence-electron chi connectivity index (χ0n) is 34.1. The molecule has 0 aliphatic carbocycles. The van der Waals surface area contributed by atoms with Crippen LogP contribution >= 0.6 is 0 Å². The van der Waals surface area contributed by atoms with E-state index in [1.165, 1.54) is 11.1 Å². The number of hydrogen-bond donors (Lipinski definition) is 0. The number of aliphatic imine (C=N–C) groups is 4. The van der Waals surface area contributed by atoms with Gasteiger partial charge in [0.2, 0.25) is 0 Å². The van der Waals surface area contributed by atoms with Gasteiger partial charge in [-0.1, -0.05) is 158 Å². The zero-order valence-corrected chi connectivity index (χ0v) is 34.1. The third-order valence-electron chi connectivity index (χ3n) is 11.2. The van der Waals surface area contributed by atoms with Crippen LogP contribution in [0.15, 0.2) is 220 Å². The number of anilines is 1. The van der Waals surface area contributed by atoms with Gasteiger partial charge in [0.25, 0.3) is 0 Å². The Hall–Kier alpha value is -7.96. The highest BCUT2D eigenvalue weighted by molar-refractivity contribution is 6.16. The summed E-state index contributed by atoms with van der Waals surface area (Å²) in [5, 5.41) is 2.25. The summed E-state index contributed by atoms with van der Waals surface area (Å²) in [5.74, 6) is 1.09. The Balaban J connectivity index is 1.18. The van der Waals surface area contributed by atoms with E-state index in [1.807, 2.05) is 54.6 Å². The minimum atomic E-state index is 0.472. The topological polar surface area (TPSA) is 57.6 Å². The van der Waals surface area contributed by atoms with Crippen LogP contribution < -0.4 is 4.90 Å². The molecule has 0 saturated heterocycles. The monoisotopic (exact) mass is 788 g/mol.